The molecule has 1 rings (SSSR count). The minimum Gasteiger partial charge on any atom is -0.505 e. The van der Waals surface area contributed by atoms with Gasteiger partial charge in [0.1, 0.15) is 0 Å². The number of aliphatic carboxylic acids is 1. The summed E-state index contributed by atoms with van der Waals surface area (Å²) in [5, 5.41) is 26.4. The second-order valence-corrected chi connectivity index (χ2v) is 3.16. The summed E-state index contributed by atoms with van der Waals surface area (Å²) in [6.45, 7) is 0. The van der Waals surface area contributed by atoms with E-state index in [1.54, 1.807) is 0 Å². The lowest BCUT2D eigenvalue weighted by atomic mass is 10.0. The highest BCUT2D eigenvalue weighted by molar-refractivity contribution is 5.68. The van der Waals surface area contributed by atoms with Crippen molar-refractivity contribution in [3.05, 3.63) is 23.3 Å². The van der Waals surface area contributed by atoms with Crippen molar-refractivity contribution in [3.8, 4) is 11.5 Å². The third kappa shape index (κ3) is 2.19. The molecule has 0 aromatic heterocycles. The van der Waals surface area contributed by atoms with Crippen LogP contribution < -0.4 is 5.73 Å². The van der Waals surface area contributed by atoms with E-state index in [1.807, 2.05) is 0 Å². The molecule has 1 atom stereocenters. The Morgan fingerprint density at radius 2 is 1.75 bits per heavy atom. The van der Waals surface area contributed by atoms with Crippen molar-refractivity contribution in [2.24, 2.45) is 5.73 Å². The van der Waals surface area contributed by atoms with Crippen molar-refractivity contribution in [2.45, 2.75) is 12.5 Å². The number of phenols is 2. The summed E-state index contributed by atoms with van der Waals surface area (Å²) in [5.74, 6) is -6.08. The van der Waals surface area contributed by atoms with Gasteiger partial charge in [-0.05, 0) is 0 Å². The monoisotopic (exact) mass is 233 g/mol. The molecule has 0 radical (unpaired) electrons. The van der Waals surface area contributed by atoms with Crippen LogP contribution in [0, 0.1) is 11.6 Å². The summed E-state index contributed by atoms with van der Waals surface area (Å²) in [6.07, 6.45) is -0.725. The van der Waals surface area contributed by atoms with Crippen LogP contribution >= 0.6 is 0 Å². The maximum atomic E-state index is 13.3. The molecule has 7 heteroatoms. The molecule has 1 aromatic rings. The molecular weight excluding hydrogens is 224 g/mol. The average molecular weight is 233 g/mol. The Hall–Kier alpha value is -1.89. The van der Waals surface area contributed by atoms with Gasteiger partial charge < -0.3 is 21.1 Å². The number of carboxylic acid groups (broad SMARTS) is 1. The van der Waals surface area contributed by atoms with E-state index in [-0.39, 0.29) is 0 Å². The summed E-state index contributed by atoms with van der Waals surface area (Å²) in [6, 6.07) is -1.02. The fraction of sp³-hybridized carbons (Fsp3) is 0.222. The second kappa shape index (κ2) is 4.31. The third-order valence-electron chi connectivity index (χ3n) is 1.96. The molecule has 0 bridgehead atoms. The number of halogens is 2. The standard InChI is InChI=1S/C9H9F2NO4/c10-8-4(13)2-5(14)9(11)7(8)3(12)1-6(15)16/h2-3,13-14H,1,12H2,(H,15,16). The highest BCUT2D eigenvalue weighted by Gasteiger charge is 2.24. The lowest BCUT2D eigenvalue weighted by Crippen LogP contribution is -2.18. The highest BCUT2D eigenvalue weighted by Crippen LogP contribution is 2.33. The number of phenolic OH excluding ortho intramolecular Hbond substituents is 2. The first-order valence-electron chi connectivity index (χ1n) is 4.21. The van der Waals surface area contributed by atoms with E-state index in [1.165, 1.54) is 0 Å². The molecule has 16 heavy (non-hydrogen) atoms. The van der Waals surface area contributed by atoms with Crippen molar-refractivity contribution in [3.63, 3.8) is 0 Å². The quantitative estimate of drug-likeness (QED) is 0.619. The molecule has 0 amide bonds. The molecule has 1 aromatic carbocycles. The zero-order valence-corrected chi connectivity index (χ0v) is 7.94. The number of carbonyl (C=O) groups is 1. The van der Waals surface area contributed by atoms with Gasteiger partial charge in [-0.1, -0.05) is 0 Å². The predicted octanol–water partition coefficient (Wildman–Crippen LogP) is 0.851. The Bertz CT molecular complexity index is 410. The van der Waals surface area contributed by atoms with Crippen molar-refractivity contribution in [1.29, 1.82) is 0 Å². The van der Waals surface area contributed by atoms with Crippen LogP contribution in [0.5, 0.6) is 11.5 Å². The molecule has 0 aliphatic rings. The molecule has 0 fully saturated rings. The molecule has 0 spiro atoms. The number of benzene rings is 1. The number of carboxylic acids is 1. The molecule has 1 unspecified atom stereocenters. The topological polar surface area (TPSA) is 104 Å². The molecule has 0 saturated heterocycles. The summed E-state index contributed by atoms with van der Waals surface area (Å²) >= 11 is 0. The van der Waals surface area contributed by atoms with Crippen LogP contribution in [0.15, 0.2) is 6.07 Å². The molecular formula is C9H9F2NO4. The molecule has 5 N–H and O–H groups in total. The van der Waals surface area contributed by atoms with Crippen LogP contribution in [0.3, 0.4) is 0 Å². The van der Waals surface area contributed by atoms with Crippen molar-refractivity contribution in [2.75, 3.05) is 0 Å². The third-order valence-corrected chi connectivity index (χ3v) is 1.96. The van der Waals surface area contributed by atoms with Gasteiger partial charge in [0.05, 0.1) is 6.42 Å². The first-order valence-corrected chi connectivity index (χ1v) is 4.21. The maximum Gasteiger partial charge on any atom is 0.305 e. The van der Waals surface area contributed by atoms with Crippen LogP contribution in [0.4, 0.5) is 8.78 Å². The number of rotatable bonds is 3. The largest absolute Gasteiger partial charge is 0.505 e. The lowest BCUT2D eigenvalue weighted by molar-refractivity contribution is -0.137. The fourth-order valence-electron chi connectivity index (χ4n) is 1.24. The lowest BCUT2D eigenvalue weighted by Gasteiger charge is -2.13. The zero-order valence-electron chi connectivity index (χ0n) is 7.94. The van der Waals surface area contributed by atoms with Crippen molar-refractivity contribution < 1.29 is 28.9 Å². The van der Waals surface area contributed by atoms with E-state index >= 15 is 0 Å². The summed E-state index contributed by atoms with van der Waals surface area (Å²) < 4.78 is 26.5. The Morgan fingerprint density at radius 3 is 2.12 bits per heavy atom. The zero-order chi connectivity index (χ0) is 12.5. The molecule has 0 aliphatic carbocycles. The second-order valence-electron chi connectivity index (χ2n) is 3.16. The van der Waals surface area contributed by atoms with Crippen LogP contribution in [0.2, 0.25) is 0 Å². The van der Waals surface area contributed by atoms with E-state index in [2.05, 4.69) is 0 Å². The molecule has 0 aliphatic heterocycles. The number of hydrogen-bond acceptors (Lipinski definition) is 4. The van der Waals surface area contributed by atoms with Crippen LogP contribution in [-0.2, 0) is 4.79 Å². The number of nitrogens with two attached hydrogens (primary N) is 1. The van der Waals surface area contributed by atoms with E-state index < -0.39 is 47.1 Å². The minimum atomic E-state index is -1.49. The molecule has 0 saturated carbocycles. The fourth-order valence-corrected chi connectivity index (χ4v) is 1.24. The van der Waals surface area contributed by atoms with Crippen LogP contribution in [0.1, 0.15) is 18.0 Å². The van der Waals surface area contributed by atoms with E-state index in [0.29, 0.717) is 6.07 Å². The van der Waals surface area contributed by atoms with Gasteiger partial charge in [-0.3, -0.25) is 4.79 Å². The first-order chi connectivity index (χ1) is 7.34. The average Bonchev–Trinajstić information content (AvgIpc) is 2.14. The molecule has 0 heterocycles. The molecule has 88 valence electrons. The Morgan fingerprint density at radius 1 is 1.31 bits per heavy atom. The van der Waals surface area contributed by atoms with Gasteiger partial charge in [0.2, 0.25) is 0 Å². The smallest absolute Gasteiger partial charge is 0.305 e. The predicted molar refractivity (Wildman–Crippen MR) is 48.9 cm³/mol. The van der Waals surface area contributed by atoms with Gasteiger partial charge in [-0.15, -0.1) is 0 Å². The van der Waals surface area contributed by atoms with Crippen molar-refractivity contribution >= 4 is 5.97 Å². The van der Waals surface area contributed by atoms with E-state index in [4.69, 9.17) is 21.1 Å². The Labute approximate surface area is 88.7 Å². The van der Waals surface area contributed by atoms with E-state index in [0.717, 1.165) is 0 Å². The molecule has 5 nitrogen and oxygen atoms in total. The van der Waals surface area contributed by atoms with Gasteiger partial charge in [0.25, 0.3) is 0 Å². The van der Waals surface area contributed by atoms with Gasteiger partial charge in [0, 0.05) is 17.7 Å². The van der Waals surface area contributed by atoms with Gasteiger partial charge >= 0.3 is 5.97 Å². The first kappa shape index (κ1) is 12.2. The minimum absolute atomic E-state index is 0.474. The van der Waals surface area contributed by atoms with Gasteiger partial charge in [0.15, 0.2) is 23.1 Å². The Balaban J connectivity index is 3.26. The summed E-state index contributed by atoms with van der Waals surface area (Å²) in [4.78, 5) is 10.3. The van der Waals surface area contributed by atoms with Crippen LogP contribution in [0.25, 0.3) is 0 Å². The normalized spacial score (nSPS) is 12.4. The maximum absolute atomic E-state index is 13.3. The van der Waals surface area contributed by atoms with Gasteiger partial charge in [-0.25, -0.2) is 8.78 Å². The van der Waals surface area contributed by atoms with Crippen molar-refractivity contribution in [1.82, 2.24) is 0 Å². The number of hydrogen-bond donors (Lipinski definition) is 4. The summed E-state index contributed by atoms with van der Waals surface area (Å²) in [5.41, 5.74) is 4.40. The Kier molecular flexibility index (Phi) is 3.28. The highest BCUT2D eigenvalue weighted by atomic mass is 19.1. The van der Waals surface area contributed by atoms with E-state index in [9.17, 15) is 13.6 Å². The van der Waals surface area contributed by atoms with Gasteiger partial charge in [-0.2, -0.15) is 0 Å². The SMILES string of the molecule is NC(CC(=O)O)c1c(F)c(O)cc(O)c1F. The summed E-state index contributed by atoms with van der Waals surface area (Å²) in [7, 11) is 0. The van der Waals surface area contributed by atoms with Crippen LogP contribution in [-0.4, -0.2) is 21.3 Å². The number of aromatic hydroxyl groups is 2.